The normalized spacial score (nSPS) is 25.6. The van der Waals surface area contributed by atoms with E-state index in [0.717, 1.165) is 49.1 Å². The Balaban J connectivity index is 1.13. The van der Waals surface area contributed by atoms with Gasteiger partial charge in [0.2, 0.25) is 0 Å². The van der Waals surface area contributed by atoms with Gasteiger partial charge in [-0.1, -0.05) is 24.3 Å². The van der Waals surface area contributed by atoms with Crippen LogP contribution in [0.5, 0.6) is 5.75 Å². The molecule has 4 heterocycles. The second-order valence-electron chi connectivity index (χ2n) is 12.7. The van der Waals surface area contributed by atoms with E-state index < -0.39 is 17.0 Å². The van der Waals surface area contributed by atoms with Crippen molar-refractivity contribution in [1.29, 1.82) is 0 Å². The van der Waals surface area contributed by atoms with Gasteiger partial charge in [0.1, 0.15) is 41.1 Å². The quantitative estimate of drug-likeness (QED) is 0.177. The summed E-state index contributed by atoms with van der Waals surface area (Å²) in [5, 5.41) is 17.7. The maximum absolute atomic E-state index is 12.4. The Morgan fingerprint density at radius 1 is 1.09 bits per heavy atom. The number of pyridine rings is 1. The highest BCUT2D eigenvalue weighted by Gasteiger charge is 2.69. The van der Waals surface area contributed by atoms with E-state index in [1.165, 1.54) is 6.33 Å². The fourth-order valence-corrected chi connectivity index (χ4v) is 7.55. The molecule has 45 heavy (non-hydrogen) atoms. The molecule has 4 N–H and O–H groups in total. The molecule has 1 aliphatic heterocycles. The van der Waals surface area contributed by atoms with Crippen molar-refractivity contribution >= 4 is 49.5 Å². The summed E-state index contributed by atoms with van der Waals surface area (Å²) in [5.74, 6) is 1.17. The van der Waals surface area contributed by atoms with Gasteiger partial charge >= 0.3 is 0 Å². The molecule has 7 rings (SSSR count). The topological polar surface area (TPSA) is 130 Å². The predicted octanol–water partition coefficient (Wildman–Crippen LogP) is 6.16. The van der Waals surface area contributed by atoms with Crippen LogP contribution in [0.1, 0.15) is 50.8 Å². The van der Waals surface area contributed by atoms with Crippen LogP contribution in [0.3, 0.4) is 0 Å². The van der Waals surface area contributed by atoms with Crippen LogP contribution in [0, 0.1) is 0 Å². The van der Waals surface area contributed by atoms with Crippen LogP contribution in [-0.4, -0.2) is 54.8 Å². The van der Waals surface area contributed by atoms with Crippen molar-refractivity contribution in [1.82, 2.24) is 19.5 Å². The number of methoxy groups -OCH3 is 1. The van der Waals surface area contributed by atoms with Crippen LogP contribution in [0.15, 0.2) is 71.6 Å². The SMILES string of the molecule is COc1ccc(CNc2nc3cc(CC[C@]4(O)C[C@@H](n5ccc6c(N)ncnc65)[C@@H]5OC(C)(C)O[C@@]54C)ccc3cc2Br)cc1. The number of nitrogens with zero attached hydrogens (tertiary/aromatic N) is 4. The summed E-state index contributed by atoms with van der Waals surface area (Å²) in [6.07, 6.45) is 4.59. The van der Waals surface area contributed by atoms with Gasteiger partial charge in [-0.2, -0.15) is 0 Å². The highest BCUT2D eigenvalue weighted by molar-refractivity contribution is 9.10. The summed E-state index contributed by atoms with van der Waals surface area (Å²) in [4.78, 5) is 13.6. The number of aromatic nitrogens is 4. The standard InChI is InChI=1S/C34H37BrN6O4/c1-32(2)44-28-27(41-14-12-24-29(36)38-19-39-31(24)41)17-34(42,33(28,3)45-32)13-11-20-5-8-22-16-25(35)30(40-26(22)15-20)37-18-21-6-9-23(43-4)10-7-21/h5-10,12,14-16,19,27-28,42H,11,13,17-18H2,1-4H3,(H,37,40)(H2,36,38,39)/t27-,28+,33+,34+/m1/s1. The summed E-state index contributed by atoms with van der Waals surface area (Å²) in [5.41, 5.74) is 7.84. The summed E-state index contributed by atoms with van der Waals surface area (Å²) in [6, 6.07) is 18.0. The first-order valence-corrected chi connectivity index (χ1v) is 15.9. The molecule has 0 radical (unpaired) electrons. The molecule has 2 aliphatic rings. The minimum atomic E-state index is -1.17. The van der Waals surface area contributed by atoms with Gasteiger partial charge in [-0.15, -0.1) is 0 Å². The minimum absolute atomic E-state index is 0.205. The van der Waals surface area contributed by atoms with Crippen molar-refractivity contribution in [3.8, 4) is 5.75 Å². The number of halogens is 1. The Labute approximate surface area is 270 Å². The van der Waals surface area contributed by atoms with Crippen LogP contribution in [0.2, 0.25) is 0 Å². The number of nitrogens with two attached hydrogens (primary N) is 1. The van der Waals surface area contributed by atoms with E-state index >= 15 is 0 Å². The lowest BCUT2D eigenvalue weighted by molar-refractivity contribution is -0.211. The molecule has 2 aromatic carbocycles. The van der Waals surface area contributed by atoms with E-state index in [0.29, 0.717) is 31.6 Å². The average Bonchev–Trinajstić information content (AvgIpc) is 3.62. The number of aryl methyl sites for hydroxylation is 1. The molecule has 0 amide bonds. The summed E-state index contributed by atoms with van der Waals surface area (Å²) < 4.78 is 21.2. The van der Waals surface area contributed by atoms with Gasteiger partial charge in [0.25, 0.3) is 0 Å². The monoisotopic (exact) mass is 672 g/mol. The zero-order chi connectivity index (χ0) is 31.6. The van der Waals surface area contributed by atoms with Crippen LogP contribution < -0.4 is 15.8 Å². The number of aliphatic hydroxyl groups is 1. The van der Waals surface area contributed by atoms with Gasteiger partial charge in [0.05, 0.1) is 34.1 Å². The Morgan fingerprint density at radius 3 is 2.64 bits per heavy atom. The van der Waals surface area contributed by atoms with Crippen LogP contribution in [-0.2, 0) is 22.4 Å². The van der Waals surface area contributed by atoms with Gasteiger partial charge < -0.3 is 34.9 Å². The fourth-order valence-electron chi connectivity index (χ4n) is 7.07. The number of fused-ring (bicyclic) bond motifs is 3. The number of hydrogen-bond acceptors (Lipinski definition) is 9. The largest absolute Gasteiger partial charge is 0.497 e. The summed E-state index contributed by atoms with van der Waals surface area (Å²) in [6.45, 7) is 6.40. The smallest absolute Gasteiger partial charge is 0.164 e. The number of nitrogens with one attached hydrogen (secondary N) is 1. The molecule has 0 bridgehead atoms. The number of anilines is 2. The zero-order valence-electron chi connectivity index (χ0n) is 25.8. The molecule has 1 saturated heterocycles. The van der Waals surface area contributed by atoms with Crippen LogP contribution in [0.25, 0.3) is 21.9 Å². The molecule has 0 unspecified atom stereocenters. The highest BCUT2D eigenvalue weighted by Crippen LogP contribution is 2.57. The molecule has 1 aliphatic carbocycles. The second-order valence-corrected chi connectivity index (χ2v) is 13.6. The molecule has 11 heteroatoms. The first-order chi connectivity index (χ1) is 21.5. The van der Waals surface area contributed by atoms with E-state index in [1.807, 2.05) is 57.3 Å². The van der Waals surface area contributed by atoms with Crippen LogP contribution >= 0.6 is 15.9 Å². The zero-order valence-corrected chi connectivity index (χ0v) is 27.3. The molecular formula is C34H37BrN6O4. The minimum Gasteiger partial charge on any atom is -0.497 e. The Hall–Kier alpha value is -3.77. The molecular weight excluding hydrogens is 636 g/mol. The number of rotatable bonds is 8. The average molecular weight is 674 g/mol. The maximum atomic E-state index is 12.4. The number of benzene rings is 2. The third-order valence-electron chi connectivity index (χ3n) is 9.41. The molecule has 2 fully saturated rings. The molecule has 1 saturated carbocycles. The number of ether oxygens (including phenoxy) is 3. The second kappa shape index (κ2) is 10.9. The third kappa shape index (κ3) is 5.21. The Kier molecular flexibility index (Phi) is 7.27. The molecule has 4 atom stereocenters. The first kappa shape index (κ1) is 29.9. The highest BCUT2D eigenvalue weighted by atomic mass is 79.9. The van der Waals surface area contributed by atoms with E-state index in [4.69, 9.17) is 24.9 Å². The number of hydrogen-bond donors (Lipinski definition) is 3. The van der Waals surface area contributed by atoms with Crippen molar-refractivity contribution in [2.24, 2.45) is 0 Å². The predicted molar refractivity (Wildman–Crippen MR) is 177 cm³/mol. The summed E-state index contributed by atoms with van der Waals surface area (Å²) in [7, 11) is 1.66. The third-order valence-corrected chi connectivity index (χ3v) is 10.0. The summed E-state index contributed by atoms with van der Waals surface area (Å²) >= 11 is 3.68. The molecule has 3 aromatic heterocycles. The van der Waals surface area contributed by atoms with E-state index in [1.54, 1.807) is 7.11 Å². The lowest BCUT2D eigenvalue weighted by atomic mass is 9.82. The van der Waals surface area contributed by atoms with Gasteiger partial charge in [-0.25, -0.2) is 15.0 Å². The van der Waals surface area contributed by atoms with Gasteiger partial charge in [0, 0.05) is 24.5 Å². The molecule has 5 aromatic rings. The van der Waals surface area contributed by atoms with E-state index in [-0.39, 0.29) is 12.1 Å². The first-order valence-electron chi connectivity index (χ1n) is 15.1. The van der Waals surface area contributed by atoms with Gasteiger partial charge in [-0.05, 0) is 91.0 Å². The van der Waals surface area contributed by atoms with Crippen LogP contribution in [0.4, 0.5) is 11.6 Å². The Morgan fingerprint density at radius 2 is 1.87 bits per heavy atom. The van der Waals surface area contributed by atoms with Crippen molar-refractivity contribution in [2.45, 2.75) is 75.7 Å². The van der Waals surface area contributed by atoms with Crippen molar-refractivity contribution in [3.63, 3.8) is 0 Å². The molecule has 10 nitrogen and oxygen atoms in total. The van der Waals surface area contributed by atoms with Gasteiger partial charge in [0.15, 0.2) is 5.79 Å². The van der Waals surface area contributed by atoms with E-state index in [9.17, 15) is 5.11 Å². The number of nitrogen functional groups attached to an aromatic ring is 1. The van der Waals surface area contributed by atoms with Crippen molar-refractivity contribution in [2.75, 3.05) is 18.2 Å². The maximum Gasteiger partial charge on any atom is 0.164 e. The van der Waals surface area contributed by atoms with Crippen molar-refractivity contribution < 1.29 is 19.3 Å². The Bertz CT molecular complexity index is 1900. The molecule has 0 spiro atoms. The molecule has 234 valence electrons. The van der Waals surface area contributed by atoms with Crippen molar-refractivity contribution in [3.05, 3.63) is 82.7 Å². The fraction of sp³-hybridized carbons (Fsp3) is 0.382. The lowest BCUT2D eigenvalue weighted by Gasteiger charge is -2.38. The van der Waals surface area contributed by atoms with Gasteiger partial charge in [-0.3, -0.25) is 0 Å². The lowest BCUT2D eigenvalue weighted by Crippen LogP contribution is -2.53. The van der Waals surface area contributed by atoms with E-state index in [2.05, 4.69) is 60.0 Å².